The lowest BCUT2D eigenvalue weighted by Crippen LogP contribution is -2.40. The fraction of sp³-hybridized carbons (Fsp3) is 0.778. The molecule has 0 saturated carbocycles. The SMILES string of the molecule is CNC(=O)C1C2CCC(O2)C1C=O. The van der Waals surface area contributed by atoms with Gasteiger partial charge in [0.15, 0.2) is 0 Å². The Hall–Kier alpha value is -0.900. The van der Waals surface area contributed by atoms with Crippen LogP contribution in [0.1, 0.15) is 12.8 Å². The van der Waals surface area contributed by atoms with Crippen LogP contribution >= 0.6 is 0 Å². The van der Waals surface area contributed by atoms with E-state index in [0.29, 0.717) is 0 Å². The van der Waals surface area contributed by atoms with Crippen molar-refractivity contribution in [2.75, 3.05) is 7.05 Å². The zero-order valence-electron chi connectivity index (χ0n) is 7.53. The first-order valence-electron chi connectivity index (χ1n) is 4.60. The molecule has 2 aliphatic rings. The van der Waals surface area contributed by atoms with E-state index in [-0.39, 0.29) is 30.0 Å². The van der Waals surface area contributed by atoms with Crippen LogP contribution in [-0.2, 0) is 14.3 Å². The lowest BCUT2D eigenvalue weighted by Gasteiger charge is -2.21. The van der Waals surface area contributed by atoms with Crippen LogP contribution in [0.25, 0.3) is 0 Å². The van der Waals surface area contributed by atoms with Crippen LogP contribution < -0.4 is 5.32 Å². The van der Waals surface area contributed by atoms with Gasteiger partial charge in [0.05, 0.1) is 24.0 Å². The fourth-order valence-corrected chi connectivity index (χ4v) is 2.40. The maximum Gasteiger partial charge on any atom is 0.226 e. The van der Waals surface area contributed by atoms with Gasteiger partial charge < -0.3 is 14.8 Å². The Balaban J connectivity index is 2.17. The third kappa shape index (κ3) is 1.16. The maximum atomic E-state index is 11.4. The largest absolute Gasteiger partial charge is 0.373 e. The zero-order chi connectivity index (χ0) is 9.42. The molecule has 72 valence electrons. The quantitative estimate of drug-likeness (QED) is 0.599. The van der Waals surface area contributed by atoms with Gasteiger partial charge in [-0.1, -0.05) is 0 Å². The molecule has 0 aromatic carbocycles. The minimum absolute atomic E-state index is 0.00944. The van der Waals surface area contributed by atoms with Crippen molar-refractivity contribution in [3.63, 3.8) is 0 Å². The summed E-state index contributed by atoms with van der Waals surface area (Å²) in [6.45, 7) is 0. The highest BCUT2D eigenvalue weighted by molar-refractivity contribution is 5.83. The van der Waals surface area contributed by atoms with E-state index in [1.165, 1.54) is 0 Å². The summed E-state index contributed by atoms with van der Waals surface area (Å²) in [5, 5.41) is 2.58. The van der Waals surface area contributed by atoms with Gasteiger partial charge in [-0.05, 0) is 12.8 Å². The first-order valence-corrected chi connectivity index (χ1v) is 4.60. The summed E-state index contributed by atoms with van der Waals surface area (Å²) in [5.74, 6) is -0.538. The topological polar surface area (TPSA) is 55.4 Å². The number of nitrogens with one attached hydrogen (secondary N) is 1. The Bertz CT molecular complexity index is 241. The Morgan fingerprint density at radius 2 is 2.15 bits per heavy atom. The molecule has 2 aliphatic heterocycles. The number of carbonyl (C=O) groups excluding carboxylic acids is 2. The van der Waals surface area contributed by atoms with E-state index in [9.17, 15) is 9.59 Å². The van der Waals surface area contributed by atoms with Gasteiger partial charge in [-0.15, -0.1) is 0 Å². The van der Waals surface area contributed by atoms with E-state index >= 15 is 0 Å². The van der Waals surface area contributed by atoms with Gasteiger partial charge in [-0.25, -0.2) is 0 Å². The van der Waals surface area contributed by atoms with Crippen molar-refractivity contribution in [3.05, 3.63) is 0 Å². The number of carbonyl (C=O) groups is 2. The molecule has 13 heavy (non-hydrogen) atoms. The molecule has 0 aromatic heterocycles. The molecule has 2 bridgehead atoms. The van der Waals surface area contributed by atoms with Gasteiger partial charge >= 0.3 is 0 Å². The molecule has 2 fully saturated rings. The molecule has 0 aliphatic carbocycles. The maximum absolute atomic E-state index is 11.4. The molecule has 4 nitrogen and oxygen atoms in total. The summed E-state index contributed by atoms with van der Waals surface area (Å²) >= 11 is 0. The molecule has 2 rings (SSSR count). The second kappa shape index (κ2) is 3.10. The number of hydrogen-bond donors (Lipinski definition) is 1. The van der Waals surface area contributed by atoms with Gasteiger partial charge in [0.2, 0.25) is 5.91 Å². The predicted octanol–water partition coefficient (Wildman–Crippen LogP) is -0.275. The molecular weight excluding hydrogens is 170 g/mol. The van der Waals surface area contributed by atoms with E-state index in [1.54, 1.807) is 7.05 Å². The van der Waals surface area contributed by atoms with Gasteiger partial charge in [0.25, 0.3) is 0 Å². The van der Waals surface area contributed by atoms with Crippen LogP contribution in [-0.4, -0.2) is 31.4 Å². The molecule has 2 saturated heterocycles. The lowest BCUT2D eigenvalue weighted by molar-refractivity contribution is -0.129. The fourth-order valence-electron chi connectivity index (χ4n) is 2.40. The van der Waals surface area contributed by atoms with Gasteiger partial charge in [0, 0.05) is 7.05 Å². The monoisotopic (exact) mass is 183 g/mol. The molecule has 1 N–H and O–H groups in total. The third-order valence-electron chi connectivity index (χ3n) is 3.04. The van der Waals surface area contributed by atoms with Crippen LogP contribution in [0.2, 0.25) is 0 Å². The molecule has 1 amide bonds. The average molecular weight is 183 g/mol. The molecule has 0 spiro atoms. The number of hydrogen-bond acceptors (Lipinski definition) is 3. The van der Waals surface area contributed by atoms with E-state index in [0.717, 1.165) is 19.1 Å². The van der Waals surface area contributed by atoms with Crippen molar-refractivity contribution in [1.29, 1.82) is 0 Å². The van der Waals surface area contributed by atoms with Gasteiger partial charge in [0.1, 0.15) is 6.29 Å². The molecule has 4 unspecified atom stereocenters. The van der Waals surface area contributed by atoms with E-state index in [1.807, 2.05) is 0 Å². The smallest absolute Gasteiger partial charge is 0.226 e. The Morgan fingerprint density at radius 1 is 1.46 bits per heavy atom. The average Bonchev–Trinajstić information content (AvgIpc) is 2.74. The second-order valence-corrected chi connectivity index (χ2v) is 3.64. The predicted molar refractivity (Wildman–Crippen MR) is 45.0 cm³/mol. The first kappa shape index (κ1) is 8.69. The van der Waals surface area contributed by atoms with Crippen molar-refractivity contribution in [3.8, 4) is 0 Å². The van der Waals surface area contributed by atoms with Crippen molar-refractivity contribution in [2.45, 2.75) is 25.0 Å². The summed E-state index contributed by atoms with van der Waals surface area (Å²) in [4.78, 5) is 22.2. The summed E-state index contributed by atoms with van der Waals surface area (Å²) in [7, 11) is 1.59. The molecular formula is C9H13NO3. The number of fused-ring (bicyclic) bond motifs is 2. The molecule has 2 heterocycles. The first-order chi connectivity index (χ1) is 6.27. The molecule has 4 atom stereocenters. The lowest BCUT2D eigenvalue weighted by atomic mass is 9.79. The summed E-state index contributed by atoms with van der Waals surface area (Å²) in [6, 6.07) is 0. The number of aldehydes is 1. The third-order valence-corrected chi connectivity index (χ3v) is 3.04. The number of ether oxygens (including phenoxy) is 1. The highest BCUT2D eigenvalue weighted by Gasteiger charge is 2.51. The second-order valence-electron chi connectivity index (χ2n) is 3.64. The standard InChI is InChI=1S/C9H13NO3/c1-10-9(12)8-5(4-11)6-2-3-7(8)13-6/h4-8H,2-3H2,1H3,(H,10,12). The molecule has 4 heteroatoms. The van der Waals surface area contributed by atoms with E-state index < -0.39 is 0 Å². The van der Waals surface area contributed by atoms with Crippen LogP contribution in [0.15, 0.2) is 0 Å². The minimum Gasteiger partial charge on any atom is -0.373 e. The van der Waals surface area contributed by atoms with Crippen molar-refractivity contribution in [1.82, 2.24) is 5.32 Å². The van der Waals surface area contributed by atoms with Gasteiger partial charge in [-0.3, -0.25) is 4.79 Å². The molecule has 0 radical (unpaired) electrons. The van der Waals surface area contributed by atoms with Crippen molar-refractivity contribution in [2.24, 2.45) is 11.8 Å². The van der Waals surface area contributed by atoms with Gasteiger partial charge in [-0.2, -0.15) is 0 Å². The summed E-state index contributed by atoms with van der Waals surface area (Å²) in [6.07, 6.45) is 2.66. The summed E-state index contributed by atoms with van der Waals surface area (Å²) in [5.41, 5.74) is 0. The van der Waals surface area contributed by atoms with Crippen molar-refractivity contribution >= 4 is 12.2 Å². The Labute approximate surface area is 76.6 Å². The van der Waals surface area contributed by atoms with E-state index in [4.69, 9.17) is 4.74 Å². The Kier molecular flexibility index (Phi) is 2.07. The van der Waals surface area contributed by atoms with Crippen LogP contribution in [0.5, 0.6) is 0 Å². The number of amides is 1. The summed E-state index contributed by atoms with van der Waals surface area (Å²) < 4.78 is 5.52. The van der Waals surface area contributed by atoms with Crippen LogP contribution in [0, 0.1) is 11.8 Å². The minimum atomic E-state index is -0.249. The molecule has 0 aromatic rings. The highest BCUT2D eigenvalue weighted by atomic mass is 16.5. The van der Waals surface area contributed by atoms with E-state index in [2.05, 4.69) is 5.32 Å². The van der Waals surface area contributed by atoms with Crippen molar-refractivity contribution < 1.29 is 14.3 Å². The number of rotatable bonds is 2. The van der Waals surface area contributed by atoms with Crippen LogP contribution in [0.3, 0.4) is 0 Å². The van der Waals surface area contributed by atoms with Crippen LogP contribution in [0.4, 0.5) is 0 Å². The highest BCUT2D eigenvalue weighted by Crippen LogP contribution is 2.42. The normalized spacial score (nSPS) is 41.9. The zero-order valence-corrected chi connectivity index (χ0v) is 7.53. The Morgan fingerprint density at radius 3 is 2.77 bits per heavy atom.